The first-order valence-electron chi connectivity index (χ1n) is 10.0. The van der Waals surface area contributed by atoms with Gasteiger partial charge in [0.15, 0.2) is 0 Å². The van der Waals surface area contributed by atoms with Crippen LogP contribution in [0.15, 0.2) is 30.3 Å². The molecule has 30 heavy (non-hydrogen) atoms. The van der Waals surface area contributed by atoms with Gasteiger partial charge in [-0.05, 0) is 47.0 Å². The van der Waals surface area contributed by atoms with Crippen LogP contribution in [0.1, 0.15) is 38.1 Å². The summed E-state index contributed by atoms with van der Waals surface area (Å²) in [6.07, 6.45) is -1.17. The molecule has 1 aliphatic heterocycles. The molecule has 1 aliphatic rings. The molecule has 0 spiro atoms. The van der Waals surface area contributed by atoms with E-state index >= 15 is 0 Å². The topological polar surface area (TPSA) is 85.4 Å². The molecule has 1 heterocycles. The fourth-order valence-corrected chi connectivity index (χ4v) is 3.47. The van der Waals surface area contributed by atoms with Gasteiger partial charge in [0.1, 0.15) is 24.4 Å². The van der Waals surface area contributed by atoms with Crippen molar-refractivity contribution in [2.75, 3.05) is 33.8 Å². The van der Waals surface area contributed by atoms with E-state index in [2.05, 4.69) is 0 Å². The number of esters is 2. The molecule has 0 N–H and O–H groups in total. The highest BCUT2D eigenvalue weighted by atomic mass is 16.6. The van der Waals surface area contributed by atoms with Gasteiger partial charge < -0.3 is 19.1 Å². The molecule has 0 bridgehead atoms. The molecule has 1 saturated heterocycles. The highest BCUT2D eigenvalue weighted by molar-refractivity contribution is 5.89. The molecule has 0 saturated carbocycles. The number of likely N-dealkylation sites (tertiary alicyclic amines) is 1. The minimum atomic E-state index is -0.682. The maximum atomic E-state index is 12.9. The molecule has 2 rings (SSSR count). The zero-order valence-corrected chi connectivity index (χ0v) is 18.6. The van der Waals surface area contributed by atoms with Gasteiger partial charge in [-0.1, -0.05) is 18.2 Å². The quantitative estimate of drug-likeness (QED) is 0.516. The fraction of sp³-hybridized carbons (Fsp3) is 0.591. The van der Waals surface area contributed by atoms with E-state index in [1.807, 2.05) is 25.1 Å². The van der Waals surface area contributed by atoms with Crippen LogP contribution in [0.3, 0.4) is 0 Å². The molecule has 1 aromatic carbocycles. The van der Waals surface area contributed by atoms with Crippen molar-refractivity contribution >= 4 is 18.0 Å². The van der Waals surface area contributed by atoms with E-state index in [1.54, 1.807) is 45.0 Å². The average Bonchev–Trinajstić information content (AvgIpc) is 2.96. The Kier molecular flexibility index (Phi) is 7.83. The second-order valence-corrected chi connectivity index (χ2v) is 8.76. The lowest BCUT2D eigenvalue weighted by atomic mass is 10.0. The predicted octanol–water partition coefficient (Wildman–Crippen LogP) is 2.57. The van der Waals surface area contributed by atoms with Crippen LogP contribution >= 0.6 is 0 Å². The molecule has 1 amide bonds. The zero-order valence-electron chi connectivity index (χ0n) is 18.6. The zero-order chi connectivity index (χ0) is 22.5. The molecule has 8 heteroatoms. The van der Waals surface area contributed by atoms with E-state index in [-0.39, 0.29) is 12.5 Å². The number of hydrogen-bond donors (Lipinski definition) is 0. The van der Waals surface area contributed by atoms with Crippen LogP contribution in [-0.2, 0) is 19.0 Å². The number of ether oxygens (including phenoxy) is 3. The van der Waals surface area contributed by atoms with Crippen molar-refractivity contribution in [2.45, 2.75) is 45.4 Å². The fourth-order valence-electron chi connectivity index (χ4n) is 3.47. The number of rotatable bonds is 6. The molecule has 0 aromatic heterocycles. The first kappa shape index (κ1) is 23.7. The number of nitrogens with zero attached hydrogens (tertiary/aromatic N) is 2. The summed E-state index contributed by atoms with van der Waals surface area (Å²) in [5, 5.41) is 0. The standard InChI is InChI=1S/C22H32N2O6/c1-15(25)28-14-18-19(29-20(26)16-10-8-7-9-11-16)17(12-23(5)6)13-24(18)21(27)30-22(2,3)4/h7-11,17-19H,12-14H2,1-6H3/t17-,18+,19-/m0/s1. The van der Waals surface area contributed by atoms with Crippen LogP contribution in [-0.4, -0.2) is 79.4 Å². The third kappa shape index (κ3) is 6.73. The first-order valence-corrected chi connectivity index (χ1v) is 10.0. The molecule has 8 nitrogen and oxygen atoms in total. The summed E-state index contributed by atoms with van der Waals surface area (Å²) < 4.78 is 16.6. The van der Waals surface area contributed by atoms with Crippen LogP contribution in [0.2, 0.25) is 0 Å². The molecule has 0 radical (unpaired) electrons. The van der Waals surface area contributed by atoms with Crippen molar-refractivity contribution in [2.24, 2.45) is 5.92 Å². The van der Waals surface area contributed by atoms with Gasteiger partial charge in [0.2, 0.25) is 0 Å². The van der Waals surface area contributed by atoms with Crippen LogP contribution in [0, 0.1) is 5.92 Å². The van der Waals surface area contributed by atoms with Gasteiger partial charge >= 0.3 is 18.0 Å². The summed E-state index contributed by atoms with van der Waals surface area (Å²) in [4.78, 5) is 40.5. The third-order valence-corrected chi connectivity index (χ3v) is 4.61. The summed E-state index contributed by atoms with van der Waals surface area (Å²) in [5.74, 6) is -1.12. The largest absolute Gasteiger partial charge is 0.464 e. The van der Waals surface area contributed by atoms with E-state index in [0.717, 1.165) is 0 Å². The normalized spacial score (nSPS) is 21.4. The third-order valence-electron chi connectivity index (χ3n) is 4.61. The van der Waals surface area contributed by atoms with Gasteiger partial charge in [0, 0.05) is 25.9 Å². The maximum absolute atomic E-state index is 12.9. The van der Waals surface area contributed by atoms with Gasteiger partial charge in [-0.25, -0.2) is 9.59 Å². The monoisotopic (exact) mass is 420 g/mol. The van der Waals surface area contributed by atoms with Gasteiger partial charge in [0.25, 0.3) is 0 Å². The Labute approximate surface area is 178 Å². The van der Waals surface area contributed by atoms with E-state index in [4.69, 9.17) is 14.2 Å². The Morgan fingerprint density at radius 2 is 1.77 bits per heavy atom. The van der Waals surface area contributed by atoms with Crippen LogP contribution in [0.4, 0.5) is 4.79 Å². The Hall–Kier alpha value is -2.61. The molecule has 0 unspecified atom stereocenters. The summed E-state index contributed by atoms with van der Waals surface area (Å²) in [5.41, 5.74) is -0.262. The second-order valence-electron chi connectivity index (χ2n) is 8.76. The molecule has 1 fully saturated rings. The van der Waals surface area contributed by atoms with E-state index in [0.29, 0.717) is 18.7 Å². The van der Waals surface area contributed by atoms with Crippen LogP contribution < -0.4 is 0 Å². The second kappa shape index (κ2) is 9.93. The van der Waals surface area contributed by atoms with Crippen molar-refractivity contribution in [1.29, 1.82) is 0 Å². The number of carbonyl (C=O) groups excluding carboxylic acids is 3. The molecular formula is C22H32N2O6. The van der Waals surface area contributed by atoms with Crippen molar-refractivity contribution in [1.82, 2.24) is 9.80 Å². The average molecular weight is 421 g/mol. The van der Waals surface area contributed by atoms with Crippen molar-refractivity contribution < 1.29 is 28.6 Å². The molecule has 3 atom stereocenters. The van der Waals surface area contributed by atoms with Gasteiger partial charge in [-0.2, -0.15) is 0 Å². The van der Waals surface area contributed by atoms with Gasteiger partial charge in [-0.15, -0.1) is 0 Å². The number of carbonyl (C=O) groups is 3. The lowest BCUT2D eigenvalue weighted by Gasteiger charge is -2.30. The summed E-state index contributed by atoms with van der Waals surface area (Å²) in [7, 11) is 3.82. The maximum Gasteiger partial charge on any atom is 0.410 e. The smallest absolute Gasteiger partial charge is 0.410 e. The van der Waals surface area contributed by atoms with Gasteiger partial charge in [0.05, 0.1) is 5.56 Å². The minimum absolute atomic E-state index is 0.0781. The first-order chi connectivity index (χ1) is 14.0. The summed E-state index contributed by atoms with van der Waals surface area (Å²) in [6, 6.07) is 8.03. The number of hydrogen-bond acceptors (Lipinski definition) is 7. The van der Waals surface area contributed by atoms with Crippen molar-refractivity contribution in [3.05, 3.63) is 35.9 Å². The van der Waals surface area contributed by atoms with Crippen LogP contribution in [0.5, 0.6) is 0 Å². The highest BCUT2D eigenvalue weighted by Crippen LogP contribution is 2.30. The summed E-state index contributed by atoms with van der Waals surface area (Å²) >= 11 is 0. The van der Waals surface area contributed by atoms with Crippen molar-refractivity contribution in [3.8, 4) is 0 Å². The van der Waals surface area contributed by atoms with Crippen LogP contribution in [0.25, 0.3) is 0 Å². The Morgan fingerprint density at radius 3 is 2.30 bits per heavy atom. The summed E-state index contributed by atoms with van der Waals surface area (Å²) in [6.45, 7) is 7.49. The lowest BCUT2D eigenvalue weighted by Crippen LogP contribution is -2.46. The van der Waals surface area contributed by atoms with E-state index in [9.17, 15) is 14.4 Å². The Morgan fingerprint density at radius 1 is 1.13 bits per heavy atom. The van der Waals surface area contributed by atoms with E-state index in [1.165, 1.54) is 11.8 Å². The van der Waals surface area contributed by atoms with Gasteiger partial charge in [-0.3, -0.25) is 9.69 Å². The highest BCUT2D eigenvalue weighted by Gasteiger charge is 2.48. The predicted molar refractivity (Wildman–Crippen MR) is 111 cm³/mol. The van der Waals surface area contributed by atoms with E-state index < -0.39 is 35.8 Å². The van der Waals surface area contributed by atoms with Crippen molar-refractivity contribution in [3.63, 3.8) is 0 Å². The number of amides is 1. The Bertz CT molecular complexity index is 744. The lowest BCUT2D eigenvalue weighted by molar-refractivity contribution is -0.143. The molecular weight excluding hydrogens is 388 g/mol. The minimum Gasteiger partial charge on any atom is -0.464 e. The number of benzene rings is 1. The molecule has 1 aromatic rings. The molecule has 0 aliphatic carbocycles. The SMILES string of the molecule is CC(=O)OC[C@@H]1[C@@H](OC(=O)c2ccccc2)[C@@H](CN(C)C)CN1C(=O)OC(C)(C)C. The Balaban J connectivity index is 2.31. The molecule has 166 valence electrons.